The molecule has 116 valence electrons. The van der Waals surface area contributed by atoms with Crippen LogP contribution in [0.2, 0.25) is 0 Å². The van der Waals surface area contributed by atoms with Crippen molar-refractivity contribution in [2.75, 3.05) is 13.2 Å². The van der Waals surface area contributed by atoms with E-state index in [1.54, 1.807) is 0 Å². The maximum Gasteiger partial charge on any atom is 0.338 e. The lowest BCUT2D eigenvalue weighted by Crippen LogP contribution is -2.30. The number of nitrogens with one attached hydrogen (secondary N) is 1. The highest BCUT2D eigenvalue weighted by Gasteiger charge is 2.09. The van der Waals surface area contributed by atoms with E-state index in [0.717, 1.165) is 12.0 Å². The van der Waals surface area contributed by atoms with Gasteiger partial charge in [-0.25, -0.2) is 4.79 Å². The molecule has 5 nitrogen and oxygen atoms in total. The summed E-state index contributed by atoms with van der Waals surface area (Å²) in [6, 6.07) is 17.8. The summed E-state index contributed by atoms with van der Waals surface area (Å²) < 4.78 is 4.93. The third-order valence-corrected chi connectivity index (χ3v) is 3.16. The van der Waals surface area contributed by atoms with Crippen LogP contribution < -0.4 is 5.32 Å². The number of nitriles is 1. The Labute approximate surface area is 134 Å². The van der Waals surface area contributed by atoms with E-state index < -0.39 is 5.97 Å². The Kier molecular flexibility index (Phi) is 5.89. The molecule has 1 amide bonds. The second kappa shape index (κ2) is 8.35. The molecule has 0 aliphatic rings. The fraction of sp³-hybridized carbons (Fsp3) is 0.167. The zero-order valence-corrected chi connectivity index (χ0v) is 12.5. The molecule has 0 aromatic heterocycles. The molecule has 2 aromatic carbocycles. The van der Waals surface area contributed by atoms with E-state index in [-0.39, 0.29) is 12.5 Å². The number of benzene rings is 2. The quantitative estimate of drug-likeness (QED) is 0.829. The summed E-state index contributed by atoms with van der Waals surface area (Å²) in [5.74, 6) is -0.935. The first-order valence-electron chi connectivity index (χ1n) is 7.17. The third kappa shape index (κ3) is 5.29. The number of hydrogen-bond donors (Lipinski definition) is 1. The van der Waals surface area contributed by atoms with E-state index in [4.69, 9.17) is 10.00 Å². The molecular formula is C18H16N2O3. The molecule has 0 spiro atoms. The normalized spacial score (nSPS) is 9.70. The predicted molar refractivity (Wildman–Crippen MR) is 84.6 cm³/mol. The molecule has 0 unspecified atom stereocenters. The Balaban J connectivity index is 1.71. The summed E-state index contributed by atoms with van der Waals surface area (Å²) in [7, 11) is 0. The molecule has 2 aromatic rings. The van der Waals surface area contributed by atoms with Gasteiger partial charge in [-0.1, -0.05) is 30.3 Å². The molecule has 0 heterocycles. The van der Waals surface area contributed by atoms with Gasteiger partial charge in [0.15, 0.2) is 6.61 Å². The Morgan fingerprint density at radius 1 is 1.04 bits per heavy atom. The summed E-state index contributed by atoms with van der Waals surface area (Å²) in [4.78, 5) is 23.4. The number of carbonyl (C=O) groups excluding carboxylic acids is 2. The van der Waals surface area contributed by atoms with Crippen molar-refractivity contribution in [3.8, 4) is 6.07 Å². The minimum Gasteiger partial charge on any atom is -0.452 e. The summed E-state index contributed by atoms with van der Waals surface area (Å²) in [6.45, 7) is 0.158. The van der Waals surface area contributed by atoms with Gasteiger partial charge in [-0.3, -0.25) is 4.79 Å². The average molecular weight is 308 g/mol. The number of rotatable bonds is 6. The van der Waals surface area contributed by atoms with Gasteiger partial charge in [0, 0.05) is 6.54 Å². The molecular weight excluding hydrogens is 292 g/mol. The smallest absolute Gasteiger partial charge is 0.338 e. The highest BCUT2D eigenvalue weighted by molar-refractivity contribution is 5.91. The zero-order chi connectivity index (χ0) is 16.5. The van der Waals surface area contributed by atoms with Crippen molar-refractivity contribution in [3.63, 3.8) is 0 Å². The average Bonchev–Trinajstić information content (AvgIpc) is 2.60. The van der Waals surface area contributed by atoms with Crippen molar-refractivity contribution < 1.29 is 14.3 Å². The lowest BCUT2D eigenvalue weighted by molar-refractivity contribution is -0.124. The maximum atomic E-state index is 11.8. The number of carbonyl (C=O) groups is 2. The molecule has 23 heavy (non-hydrogen) atoms. The van der Waals surface area contributed by atoms with E-state index in [1.807, 2.05) is 36.4 Å². The summed E-state index contributed by atoms with van der Waals surface area (Å²) in [5, 5.41) is 11.4. The van der Waals surface area contributed by atoms with Crippen LogP contribution >= 0.6 is 0 Å². The van der Waals surface area contributed by atoms with Gasteiger partial charge in [0.05, 0.1) is 17.2 Å². The molecule has 0 saturated heterocycles. The molecule has 2 rings (SSSR count). The van der Waals surface area contributed by atoms with Gasteiger partial charge in [-0.15, -0.1) is 0 Å². The topological polar surface area (TPSA) is 79.2 Å². The van der Waals surface area contributed by atoms with Crippen LogP contribution in [0.1, 0.15) is 21.5 Å². The first kappa shape index (κ1) is 16.2. The molecule has 1 N–H and O–H groups in total. The molecule has 0 bridgehead atoms. The Morgan fingerprint density at radius 3 is 2.39 bits per heavy atom. The second-order valence-corrected chi connectivity index (χ2v) is 4.85. The highest BCUT2D eigenvalue weighted by Crippen LogP contribution is 2.05. The standard InChI is InChI=1S/C18H16N2O3/c19-12-15-6-8-16(9-7-15)18(22)23-13-17(21)20-11-10-14-4-2-1-3-5-14/h1-9H,10-11,13H2,(H,20,21). The lowest BCUT2D eigenvalue weighted by Gasteiger charge is -2.07. The fourth-order valence-corrected chi connectivity index (χ4v) is 1.94. The van der Waals surface area contributed by atoms with Crippen molar-refractivity contribution in [2.45, 2.75) is 6.42 Å². The minimum absolute atomic E-state index is 0.307. The van der Waals surface area contributed by atoms with Crippen LogP contribution in [-0.2, 0) is 16.0 Å². The van der Waals surface area contributed by atoms with E-state index in [2.05, 4.69) is 5.32 Å². The van der Waals surface area contributed by atoms with E-state index >= 15 is 0 Å². The maximum absolute atomic E-state index is 11.8. The van der Waals surface area contributed by atoms with Crippen molar-refractivity contribution in [2.24, 2.45) is 0 Å². The van der Waals surface area contributed by atoms with Crippen LogP contribution in [0.5, 0.6) is 0 Å². The van der Waals surface area contributed by atoms with Crippen molar-refractivity contribution in [3.05, 3.63) is 71.3 Å². The van der Waals surface area contributed by atoms with E-state index in [0.29, 0.717) is 17.7 Å². The van der Waals surface area contributed by atoms with Gasteiger partial charge in [0.25, 0.3) is 5.91 Å². The molecule has 0 saturated carbocycles. The monoisotopic (exact) mass is 308 g/mol. The SMILES string of the molecule is N#Cc1ccc(C(=O)OCC(=O)NCCc2ccccc2)cc1. The van der Waals surface area contributed by atoms with E-state index in [1.165, 1.54) is 24.3 Å². The number of nitrogens with zero attached hydrogens (tertiary/aromatic N) is 1. The summed E-state index contributed by atoms with van der Waals surface area (Å²) >= 11 is 0. The highest BCUT2D eigenvalue weighted by atomic mass is 16.5. The van der Waals surface area contributed by atoms with Gasteiger partial charge in [0.2, 0.25) is 0 Å². The van der Waals surface area contributed by atoms with E-state index in [9.17, 15) is 9.59 Å². The second-order valence-electron chi connectivity index (χ2n) is 4.85. The Hall–Kier alpha value is -3.13. The van der Waals surface area contributed by atoms with Gasteiger partial charge in [-0.05, 0) is 36.2 Å². The van der Waals surface area contributed by atoms with Crippen LogP contribution in [0.4, 0.5) is 0 Å². The van der Waals surface area contributed by atoms with Crippen molar-refractivity contribution in [1.29, 1.82) is 5.26 Å². The summed E-state index contributed by atoms with van der Waals surface area (Å²) in [6.07, 6.45) is 0.718. The van der Waals surface area contributed by atoms with Gasteiger partial charge < -0.3 is 10.1 Å². The minimum atomic E-state index is -0.590. The van der Waals surface area contributed by atoms with Crippen LogP contribution in [0.25, 0.3) is 0 Å². The Morgan fingerprint density at radius 2 is 1.74 bits per heavy atom. The van der Waals surface area contributed by atoms with Gasteiger partial charge in [0.1, 0.15) is 0 Å². The molecule has 0 aliphatic carbocycles. The first-order chi connectivity index (χ1) is 11.2. The molecule has 0 atom stereocenters. The first-order valence-corrected chi connectivity index (χ1v) is 7.17. The van der Waals surface area contributed by atoms with Crippen LogP contribution in [0.15, 0.2) is 54.6 Å². The number of hydrogen-bond acceptors (Lipinski definition) is 4. The van der Waals surface area contributed by atoms with Crippen LogP contribution in [0, 0.1) is 11.3 Å². The number of amides is 1. The zero-order valence-electron chi connectivity index (χ0n) is 12.5. The molecule has 0 aliphatic heterocycles. The Bertz CT molecular complexity index is 703. The third-order valence-electron chi connectivity index (χ3n) is 3.16. The van der Waals surface area contributed by atoms with Gasteiger partial charge >= 0.3 is 5.97 Å². The van der Waals surface area contributed by atoms with Crippen molar-refractivity contribution >= 4 is 11.9 Å². The summed E-state index contributed by atoms with van der Waals surface area (Å²) in [5.41, 5.74) is 1.89. The molecule has 5 heteroatoms. The predicted octanol–water partition coefficient (Wildman–Crippen LogP) is 2.07. The lowest BCUT2D eigenvalue weighted by atomic mass is 10.1. The van der Waals surface area contributed by atoms with Crippen LogP contribution in [0.3, 0.4) is 0 Å². The fourth-order valence-electron chi connectivity index (χ4n) is 1.94. The van der Waals surface area contributed by atoms with Crippen LogP contribution in [-0.4, -0.2) is 25.0 Å². The number of esters is 1. The molecule has 0 radical (unpaired) electrons. The largest absolute Gasteiger partial charge is 0.452 e. The molecule has 0 fully saturated rings. The van der Waals surface area contributed by atoms with Crippen molar-refractivity contribution in [1.82, 2.24) is 5.32 Å². The van der Waals surface area contributed by atoms with Gasteiger partial charge in [-0.2, -0.15) is 5.26 Å². The number of ether oxygens (including phenoxy) is 1.